The van der Waals surface area contributed by atoms with Gasteiger partial charge in [0, 0.05) is 36.6 Å². The fourth-order valence-electron chi connectivity index (χ4n) is 5.37. The van der Waals surface area contributed by atoms with Crippen molar-refractivity contribution in [3.05, 3.63) is 12.7 Å². The van der Waals surface area contributed by atoms with E-state index in [1.807, 2.05) is 6.92 Å². The predicted molar refractivity (Wildman–Crippen MR) is 205 cm³/mol. The molecule has 24 nitrogen and oxygen atoms in total. The first-order valence-corrected chi connectivity index (χ1v) is 23.4. The lowest BCUT2D eigenvalue weighted by molar-refractivity contribution is -0.137. The molecule has 0 bridgehead atoms. The number of hydrogen-bond acceptors (Lipinski definition) is 18. The minimum absolute atomic E-state index is 0.0319. The molecule has 1 aliphatic rings. The van der Waals surface area contributed by atoms with Gasteiger partial charge in [0.15, 0.2) is 22.8 Å². The fraction of sp³-hybridized carbons (Fsp3) is 0.733. The minimum atomic E-state index is -5.57. The van der Waals surface area contributed by atoms with Gasteiger partial charge in [-0.25, -0.2) is 28.6 Å². The van der Waals surface area contributed by atoms with Gasteiger partial charge in [-0.1, -0.05) is 59.2 Å². The Labute approximate surface area is 337 Å². The summed E-state index contributed by atoms with van der Waals surface area (Å²) in [7, 11) is -16.4. The summed E-state index contributed by atoms with van der Waals surface area (Å²) in [4.78, 5) is 88.1. The number of carbonyl (C=O) groups is 3. The molecule has 28 heteroatoms. The summed E-state index contributed by atoms with van der Waals surface area (Å²) in [5.74, 6) is -0.572. The smallest absolute Gasteiger partial charge is 0.386 e. The van der Waals surface area contributed by atoms with E-state index >= 15 is 0 Å². The summed E-state index contributed by atoms with van der Waals surface area (Å²) < 4.78 is 62.2. The summed E-state index contributed by atoms with van der Waals surface area (Å²) >= 11 is 1.14. The highest BCUT2D eigenvalue weighted by molar-refractivity contribution is 8.13. The first-order chi connectivity index (χ1) is 26.8. The van der Waals surface area contributed by atoms with Crippen molar-refractivity contribution in [1.82, 2.24) is 30.2 Å². The van der Waals surface area contributed by atoms with Crippen molar-refractivity contribution in [2.24, 2.45) is 17.3 Å². The lowest BCUT2D eigenvalue weighted by Crippen LogP contribution is -2.46. The highest BCUT2D eigenvalue weighted by Crippen LogP contribution is 2.61. The van der Waals surface area contributed by atoms with E-state index in [1.165, 1.54) is 13.8 Å². The van der Waals surface area contributed by atoms with E-state index in [0.717, 1.165) is 48.2 Å². The number of nitrogens with two attached hydrogens (primary N) is 1. The van der Waals surface area contributed by atoms with Gasteiger partial charge in [0.25, 0.3) is 0 Å². The van der Waals surface area contributed by atoms with Gasteiger partial charge in [0.1, 0.15) is 36.3 Å². The highest BCUT2D eigenvalue weighted by Gasteiger charge is 2.50. The summed E-state index contributed by atoms with van der Waals surface area (Å²) in [5.41, 5.74) is 4.27. The number of thioether (sulfide) groups is 1. The van der Waals surface area contributed by atoms with Crippen molar-refractivity contribution in [3.63, 3.8) is 0 Å². The molecule has 58 heavy (non-hydrogen) atoms. The van der Waals surface area contributed by atoms with Crippen molar-refractivity contribution >= 4 is 69.1 Å². The van der Waals surface area contributed by atoms with Crippen LogP contribution in [0.4, 0.5) is 5.82 Å². The van der Waals surface area contributed by atoms with E-state index in [9.17, 15) is 57.9 Å². The van der Waals surface area contributed by atoms with Crippen LogP contribution in [0.1, 0.15) is 66.5 Å². The molecule has 3 rings (SSSR count). The number of imidazole rings is 1. The van der Waals surface area contributed by atoms with Crippen molar-refractivity contribution in [2.45, 2.75) is 90.9 Å². The van der Waals surface area contributed by atoms with Gasteiger partial charge in [-0.2, -0.15) is 4.31 Å². The maximum atomic E-state index is 12.7. The van der Waals surface area contributed by atoms with Gasteiger partial charge in [-0.05, 0) is 12.3 Å². The van der Waals surface area contributed by atoms with Gasteiger partial charge in [0.2, 0.25) is 11.8 Å². The van der Waals surface area contributed by atoms with Crippen LogP contribution in [0.25, 0.3) is 11.2 Å². The van der Waals surface area contributed by atoms with Crippen LogP contribution in [0.5, 0.6) is 0 Å². The zero-order valence-corrected chi connectivity index (χ0v) is 35.8. The number of carbonyl (C=O) groups excluding carboxylic acids is 3. The molecule has 2 amide bonds. The number of fused-ring (bicyclic) bond motifs is 1. The van der Waals surface area contributed by atoms with Gasteiger partial charge >= 0.3 is 23.5 Å². The Bertz CT molecular complexity index is 1870. The number of rotatable bonds is 24. The lowest BCUT2D eigenvalue weighted by atomic mass is 9.87. The molecular formula is C30H52N7O17P3S. The van der Waals surface area contributed by atoms with Gasteiger partial charge < -0.3 is 50.9 Å². The number of ether oxygens (including phenoxy) is 1. The molecule has 1 saturated heterocycles. The number of nitrogen functional groups attached to an aromatic ring is 1. The molecule has 10 N–H and O–H groups in total. The molecule has 2 aromatic rings. The van der Waals surface area contributed by atoms with Crippen molar-refractivity contribution in [1.29, 1.82) is 0 Å². The van der Waals surface area contributed by atoms with E-state index in [-0.39, 0.29) is 47.5 Å². The number of aliphatic hydroxyl groups excluding tert-OH is 2. The van der Waals surface area contributed by atoms with Crippen LogP contribution < -0.4 is 16.4 Å². The Balaban J connectivity index is 1.46. The van der Waals surface area contributed by atoms with E-state index < -0.39 is 84.6 Å². The number of aliphatic hydroxyl groups is 2. The van der Waals surface area contributed by atoms with E-state index in [0.29, 0.717) is 11.7 Å². The van der Waals surface area contributed by atoms with E-state index in [2.05, 4.69) is 48.3 Å². The monoisotopic (exact) mass is 907 g/mol. The molecule has 2 unspecified atom stereocenters. The molecule has 1 fully saturated rings. The largest absolute Gasteiger partial charge is 0.481 e. The second-order valence-corrected chi connectivity index (χ2v) is 19.8. The van der Waals surface area contributed by atoms with Crippen molar-refractivity contribution in [3.8, 4) is 0 Å². The topological polar surface area (TPSA) is 364 Å². The molecule has 0 spiro atoms. The number of hydrogen-bond donors (Lipinski definition) is 9. The predicted octanol–water partition coefficient (Wildman–Crippen LogP) is 1.13. The van der Waals surface area contributed by atoms with Gasteiger partial charge in [0.05, 0.1) is 19.5 Å². The molecule has 0 radical (unpaired) electrons. The maximum absolute atomic E-state index is 12.7. The van der Waals surface area contributed by atoms with Crippen LogP contribution in [0.2, 0.25) is 0 Å². The number of phosphoric ester groups is 3. The Morgan fingerprint density at radius 1 is 1.02 bits per heavy atom. The summed E-state index contributed by atoms with van der Waals surface area (Å²) in [6, 6.07) is 0. The second-order valence-electron chi connectivity index (χ2n) is 14.5. The zero-order valence-electron chi connectivity index (χ0n) is 32.4. The number of anilines is 1. The molecule has 0 aliphatic carbocycles. The molecule has 1 aliphatic heterocycles. The fourth-order valence-corrected chi connectivity index (χ4v) is 9.01. The van der Waals surface area contributed by atoms with Crippen LogP contribution in [0.15, 0.2) is 12.7 Å². The molecule has 3 heterocycles. The third-order valence-electron chi connectivity index (χ3n) is 8.57. The first-order valence-electron chi connectivity index (χ1n) is 17.9. The number of aromatic nitrogens is 4. The van der Waals surface area contributed by atoms with Crippen molar-refractivity contribution in [2.75, 3.05) is 37.8 Å². The zero-order chi connectivity index (χ0) is 43.6. The van der Waals surface area contributed by atoms with Crippen LogP contribution in [0.3, 0.4) is 0 Å². The third kappa shape index (κ3) is 15.5. The van der Waals surface area contributed by atoms with Crippen LogP contribution in [-0.4, -0.2) is 123 Å². The molecular weight excluding hydrogens is 855 g/mol. The average Bonchev–Trinajstić information content (AvgIpc) is 3.67. The van der Waals surface area contributed by atoms with Crippen molar-refractivity contribution < 1.29 is 80.5 Å². The van der Waals surface area contributed by atoms with Crippen LogP contribution >= 0.6 is 35.2 Å². The van der Waals surface area contributed by atoms with E-state index in [1.54, 1.807) is 0 Å². The number of amides is 2. The SMILES string of the molecule is CC(C)CCC[C@H](C)C(=O)SCCNC(=O)CCNC(=O)[C@H](O)C(C)(C)COP(=O)(O)OP(=O)(O)OC[C@H]1O[C@@H](n2cnc3c(N)ncnc32)[C@H](O)[C@@H]1OP(=O)(O)O. The van der Waals surface area contributed by atoms with Gasteiger partial charge in [-0.3, -0.25) is 32.5 Å². The Morgan fingerprint density at radius 3 is 2.34 bits per heavy atom. The quantitative estimate of drug-likeness (QED) is 0.0526. The lowest BCUT2D eigenvalue weighted by Gasteiger charge is -2.30. The minimum Gasteiger partial charge on any atom is -0.386 e. The molecule has 0 saturated carbocycles. The number of nitrogens with one attached hydrogen (secondary N) is 2. The van der Waals surface area contributed by atoms with Crippen LogP contribution in [-0.2, 0) is 50.7 Å². The summed E-state index contributed by atoms with van der Waals surface area (Å²) in [6.07, 6.45) is -4.08. The number of nitrogens with zero attached hydrogens (tertiary/aromatic N) is 4. The van der Waals surface area contributed by atoms with Crippen LogP contribution in [0, 0.1) is 17.3 Å². The Kier molecular flexibility index (Phi) is 18.4. The second kappa shape index (κ2) is 21.4. The maximum Gasteiger partial charge on any atom is 0.481 e. The normalized spacial score (nSPS) is 22.0. The van der Waals surface area contributed by atoms with Gasteiger partial charge in [-0.15, -0.1) is 0 Å². The van der Waals surface area contributed by atoms with E-state index in [4.69, 9.17) is 19.5 Å². The molecule has 330 valence electrons. The Morgan fingerprint density at radius 2 is 1.69 bits per heavy atom. The molecule has 0 aromatic carbocycles. The average molecular weight is 908 g/mol. The Hall–Kier alpha value is -2.44. The number of phosphoric acid groups is 3. The summed E-state index contributed by atoms with van der Waals surface area (Å²) in [5, 5.41) is 26.5. The highest BCUT2D eigenvalue weighted by atomic mass is 32.2. The molecule has 8 atom stereocenters. The third-order valence-corrected chi connectivity index (χ3v) is 12.8. The standard InChI is InChI=1S/C30H52N7O17P3S/c1-17(2)7-6-8-18(3)29(42)58-12-11-32-20(38)9-10-33-27(41)24(40)30(4,5)14-51-57(48,49)54-56(46,47)50-13-19-23(53-55(43,44)45)22(39)28(52-19)37-16-36-21-25(31)34-15-35-26(21)37/h15-19,22-24,28,39-40H,6-14H2,1-5H3,(H,32,38)(H,33,41)(H,46,47)(H,48,49)(H2,31,34,35)(H2,43,44,45)/t18-,19+,22+,23+,24-,28+/m0/s1. The first kappa shape index (κ1) is 49.9. The summed E-state index contributed by atoms with van der Waals surface area (Å²) in [6.45, 7) is 6.67. The molecule has 2 aromatic heterocycles.